The number of benzene rings is 1. The first-order valence-corrected chi connectivity index (χ1v) is 6.36. The van der Waals surface area contributed by atoms with Gasteiger partial charge in [-0.2, -0.15) is 0 Å². The zero-order valence-electron chi connectivity index (χ0n) is 9.95. The molecule has 0 saturated heterocycles. The van der Waals surface area contributed by atoms with E-state index in [-0.39, 0.29) is 12.1 Å². The van der Waals surface area contributed by atoms with E-state index in [0.29, 0.717) is 10.8 Å². The third-order valence-corrected chi connectivity index (χ3v) is 3.53. The number of rotatable bonds is 3. The molecule has 2 atom stereocenters. The van der Waals surface area contributed by atoms with Crippen molar-refractivity contribution in [3.8, 4) is 5.75 Å². The fraction of sp³-hybridized carbons (Fsp3) is 0.538. The van der Waals surface area contributed by atoms with Gasteiger partial charge in [-0.3, -0.25) is 0 Å². The number of ether oxygens (including phenoxy) is 1. The lowest BCUT2D eigenvalue weighted by molar-refractivity contribution is 0.116. The number of aliphatic hydroxyl groups excluding tert-OH is 1. The van der Waals surface area contributed by atoms with Gasteiger partial charge in [-0.05, 0) is 31.0 Å². The molecule has 94 valence electrons. The van der Waals surface area contributed by atoms with E-state index in [1.54, 1.807) is 7.11 Å². The molecule has 0 unspecified atom stereocenters. The van der Waals surface area contributed by atoms with Crippen LogP contribution in [0.15, 0.2) is 18.2 Å². The molecule has 0 aromatic heterocycles. The molecular formula is C13H18ClNO2. The van der Waals surface area contributed by atoms with E-state index in [4.69, 9.17) is 16.3 Å². The van der Waals surface area contributed by atoms with E-state index in [9.17, 15) is 5.11 Å². The molecule has 0 bridgehead atoms. The maximum Gasteiger partial charge on any atom is 0.137 e. The number of nitrogens with one attached hydrogen (secondary N) is 1. The normalized spacial score (nSPS) is 24.4. The topological polar surface area (TPSA) is 41.5 Å². The minimum absolute atomic E-state index is 0.133. The van der Waals surface area contributed by atoms with Crippen molar-refractivity contribution in [3.05, 3.63) is 23.2 Å². The van der Waals surface area contributed by atoms with Gasteiger partial charge in [0.1, 0.15) is 5.75 Å². The highest BCUT2D eigenvalue weighted by atomic mass is 35.5. The second-order valence-corrected chi connectivity index (χ2v) is 4.86. The van der Waals surface area contributed by atoms with Gasteiger partial charge in [0.15, 0.2) is 0 Å². The predicted molar refractivity (Wildman–Crippen MR) is 69.9 cm³/mol. The SMILES string of the molecule is COc1ccc(N[C@@H]2CCCC[C@H]2O)cc1Cl. The van der Waals surface area contributed by atoms with Crippen LogP contribution in [-0.4, -0.2) is 24.4 Å². The lowest BCUT2D eigenvalue weighted by atomic mass is 9.92. The molecule has 3 nitrogen and oxygen atoms in total. The molecule has 2 rings (SSSR count). The first-order chi connectivity index (χ1) is 8.20. The Hall–Kier alpha value is -0.930. The maximum absolute atomic E-state index is 9.88. The Morgan fingerprint density at radius 2 is 2.12 bits per heavy atom. The van der Waals surface area contributed by atoms with Crippen LogP contribution in [0.4, 0.5) is 5.69 Å². The zero-order valence-corrected chi connectivity index (χ0v) is 10.7. The molecule has 0 aliphatic heterocycles. The van der Waals surface area contributed by atoms with Gasteiger partial charge in [0.2, 0.25) is 0 Å². The van der Waals surface area contributed by atoms with Gasteiger partial charge < -0.3 is 15.2 Å². The summed E-state index contributed by atoms with van der Waals surface area (Å²) >= 11 is 6.06. The Balaban J connectivity index is 2.05. The Bertz CT molecular complexity index is 384. The average Bonchev–Trinajstić information content (AvgIpc) is 2.32. The van der Waals surface area contributed by atoms with E-state index in [1.807, 2.05) is 18.2 Å². The molecule has 0 radical (unpaired) electrons. The van der Waals surface area contributed by atoms with E-state index >= 15 is 0 Å². The summed E-state index contributed by atoms with van der Waals surface area (Å²) in [4.78, 5) is 0. The quantitative estimate of drug-likeness (QED) is 0.872. The molecule has 1 aromatic rings. The summed E-state index contributed by atoms with van der Waals surface area (Å²) in [5, 5.41) is 13.8. The summed E-state index contributed by atoms with van der Waals surface area (Å²) in [6.45, 7) is 0. The molecule has 0 spiro atoms. The van der Waals surface area contributed by atoms with Gasteiger partial charge in [0.25, 0.3) is 0 Å². The van der Waals surface area contributed by atoms with Crippen molar-refractivity contribution in [2.75, 3.05) is 12.4 Å². The first kappa shape index (κ1) is 12.5. The smallest absolute Gasteiger partial charge is 0.137 e. The molecule has 1 saturated carbocycles. The minimum atomic E-state index is -0.260. The molecule has 4 heteroatoms. The number of aliphatic hydroxyl groups is 1. The van der Waals surface area contributed by atoms with Gasteiger partial charge in [-0.25, -0.2) is 0 Å². The molecule has 1 aromatic carbocycles. The van der Waals surface area contributed by atoms with Crippen molar-refractivity contribution in [1.82, 2.24) is 0 Å². The van der Waals surface area contributed by atoms with E-state index < -0.39 is 0 Å². The van der Waals surface area contributed by atoms with Crippen LogP contribution in [0.5, 0.6) is 5.75 Å². The number of hydrogen-bond acceptors (Lipinski definition) is 3. The largest absolute Gasteiger partial charge is 0.495 e. The predicted octanol–water partition coefficient (Wildman–Crippen LogP) is 3.06. The van der Waals surface area contributed by atoms with Crippen molar-refractivity contribution in [2.45, 2.75) is 37.8 Å². The van der Waals surface area contributed by atoms with Gasteiger partial charge in [0, 0.05) is 5.69 Å². The average molecular weight is 256 g/mol. The number of halogens is 1. The number of hydrogen-bond donors (Lipinski definition) is 2. The summed E-state index contributed by atoms with van der Waals surface area (Å²) in [7, 11) is 1.60. The maximum atomic E-state index is 9.88. The van der Waals surface area contributed by atoms with Gasteiger partial charge >= 0.3 is 0 Å². The van der Waals surface area contributed by atoms with Crippen molar-refractivity contribution < 1.29 is 9.84 Å². The van der Waals surface area contributed by atoms with Crippen LogP contribution in [0.25, 0.3) is 0 Å². The van der Waals surface area contributed by atoms with E-state index in [1.165, 1.54) is 6.42 Å². The second-order valence-electron chi connectivity index (χ2n) is 4.45. The molecule has 1 aliphatic carbocycles. The van der Waals surface area contributed by atoms with Gasteiger partial charge in [-0.15, -0.1) is 0 Å². The summed E-state index contributed by atoms with van der Waals surface area (Å²) in [5.74, 6) is 0.668. The third-order valence-electron chi connectivity index (χ3n) is 3.23. The molecule has 0 amide bonds. The van der Waals surface area contributed by atoms with Gasteiger partial charge in [-0.1, -0.05) is 24.4 Å². The van der Waals surface area contributed by atoms with E-state index in [0.717, 1.165) is 24.9 Å². The van der Waals surface area contributed by atoms with Gasteiger partial charge in [0.05, 0.1) is 24.3 Å². The number of methoxy groups -OCH3 is 1. The summed E-state index contributed by atoms with van der Waals surface area (Å²) < 4.78 is 5.10. The lowest BCUT2D eigenvalue weighted by Gasteiger charge is -2.29. The molecule has 17 heavy (non-hydrogen) atoms. The second kappa shape index (κ2) is 5.61. The van der Waals surface area contributed by atoms with Crippen molar-refractivity contribution in [3.63, 3.8) is 0 Å². The van der Waals surface area contributed by atoms with Crippen molar-refractivity contribution >= 4 is 17.3 Å². The number of anilines is 1. The Morgan fingerprint density at radius 1 is 1.35 bits per heavy atom. The van der Waals surface area contributed by atoms with E-state index in [2.05, 4.69) is 5.32 Å². The molecule has 2 N–H and O–H groups in total. The van der Waals surface area contributed by atoms with Crippen LogP contribution in [0.1, 0.15) is 25.7 Å². The first-order valence-electron chi connectivity index (χ1n) is 5.99. The van der Waals surface area contributed by atoms with Crippen molar-refractivity contribution in [2.24, 2.45) is 0 Å². The third kappa shape index (κ3) is 3.05. The summed E-state index contributed by atoms with van der Waals surface area (Å²) in [5.41, 5.74) is 0.932. The minimum Gasteiger partial charge on any atom is -0.495 e. The molecular weight excluding hydrogens is 238 g/mol. The highest BCUT2D eigenvalue weighted by Crippen LogP contribution is 2.29. The standard InChI is InChI=1S/C13H18ClNO2/c1-17-13-7-6-9(8-10(13)14)15-11-4-2-3-5-12(11)16/h6-8,11-12,15-16H,2-5H2,1H3/t11-,12-/m1/s1. The zero-order chi connectivity index (χ0) is 12.3. The Labute approximate surface area is 107 Å². The van der Waals surface area contributed by atoms with Crippen LogP contribution in [0, 0.1) is 0 Å². The fourth-order valence-electron chi connectivity index (χ4n) is 2.25. The Morgan fingerprint density at radius 3 is 2.76 bits per heavy atom. The van der Waals surface area contributed by atoms with Crippen LogP contribution in [0.2, 0.25) is 5.02 Å². The fourth-order valence-corrected chi connectivity index (χ4v) is 2.51. The lowest BCUT2D eigenvalue weighted by Crippen LogP contribution is -2.36. The summed E-state index contributed by atoms with van der Waals surface area (Å²) in [6.07, 6.45) is 3.90. The van der Waals surface area contributed by atoms with Crippen LogP contribution in [-0.2, 0) is 0 Å². The van der Waals surface area contributed by atoms with Crippen LogP contribution >= 0.6 is 11.6 Å². The molecule has 1 aliphatic rings. The molecule has 1 fully saturated rings. The van der Waals surface area contributed by atoms with Crippen LogP contribution < -0.4 is 10.1 Å². The monoisotopic (exact) mass is 255 g/mol. The highest BCUT2D eigenvalue weighted by Gasteiger charge is 2.22. The van der Waals surface area contributed by atoms with Crippen molar-refractivity contribution in [1.29, 1.82) is 0 Å². The Kier molecular flexibility index (Phi) is 4.13. The molecule has 0 heterocycles. The van der Waals surface area contributed by atoms with Crippen LogP contribution in [0.3, 0.4) is 0 Å². The summed E-state index contributed by atoms with van der Waals surface area (Å²) in [6, 6.07) is 5.72. The highest BCUT2D eigenvalue weighted by molar-refractivity contribution is 6.32.